The van der Waals surface area contributed by atoms with Gasteiger partial charge >= 0.3 is 12.1 Å². The molecule has 3 rings (SSSR count). The molecule has 12 nitrogen and oxygen atoms in total. The maximum absolute atomic E-state index is 13.8. The number of rotatable bonds is 14. The lowest BCUT2D eigenvalue weighted by molar-refractivity contribution is -0.143. The van der Waals surface area contributed by atoms with Crippen molar-refractivity contribution in [2.75, 3.05) is 6.54 Å². The number of carbonyl (C=O) groups is 5. The van der Waals surface area contributed by atoms with Crippen molar-refractivity contribution in [1.82, 2.24) is 21.3 Å². The molecule has 1 heterocycles. The summed E-state index contributed by atoms with van der Waals surface area (Å²) in [6, 6.07) is 5.53. The van der Waals surface area contributed by atoms with E-state index in [4.69, 9.17) is 9.47 Å². The second kappa shape index (κ2) is 16.4. The maximum Gasteiger partial charge on any atom is 0.408 e. The van der Waals surface area contributed by atoms with E-state index in [0.29, 0.717) is 19.4 Å². The molecule has 5 N–H and O–H groups in total. The number of carboxylic acid groups (broad SMARTS) is 1. The quantitative estimate of drug-likeness (QED) is 0.212. The van der Waals surface area contributed by atoms with Crippen LogP contribution in [0.3, 0.4) is 0 Å². The predicted molar refractivity (Wildman–Crippen MR) is 162 cm³/mol. The minimum Gasteiger partial charge on any atom is -0.480 e. The molecule has 5 atom stereocenters. The molecular formula is C32H48N4O8. The van der Waals surface area contributed by atoms with Crippen LogP contribution in [0.15, 0.2) is 30.3 Å². The number of amides is 4. The zero-order valence-electron chi connectivity index (χ0n) is 26.2. The number of nitrogens with one attached hydrogen (secondary N) is 4. The number of aliphatic carboxylic acids is 1. The summed E-state index contributed by atoms with van der Waals surface area (Å²) in [7, 11) is 0. The van der Waals surface area contributed by atoms with Crippen LogP contribution in [0.25, 0.3) is 0 Å². The van der Waals surface area contributed by atoms with Crippen LogP contribution in [0.5, 0.6) is 0 Å². The molecule has 1 saturated carbocycles. The molecule has 244 valence electrons. The Bertz CT molecular complexity index is 1130. The lowest BCUT2D eigenvalue weighted by Crippen LogP contribution is -2.59. The van der Waals surface area contributed by atoms with E-state index in [0.717, 1.165) is 37.7 Å². The first-order valence-electron chi connectivity index (χ1n) is 15.6. The number of hydrogen-bond acceptors (Lipinski definition) is 7. The number of ether oxygens (including phenoxy) is 2. The zero-order chi connectivity index (χ0) is 32.3. The highest BCUT2D eigenvalue weighted by Crippen LogP contribution is 2.28. The fraction of sp³-hybridized carbons (Fsp3) is 0.656. The van der Waals surface area contributed by atoms with E-state index in [1.165, 1.54) is 0 Å². The summed E-state index contributed by atoms with van der Waals surface area (Å²) in [6.07, 6.45) is 4.02. The molecule has 1 aliphatic heterocycles. The Kier molecular flexibility index (Phi) is 13.0. The van der Waals surface area contributed by atoms with Crippen LogP contribution in [0.2, 0.25) is 0 Å². The third kappa shape index (κ3) is 11.4. The van der Waals surface area contributed by atoms with Crippen molar-refractivity contribution in [3.8, 4) is 0 Å². The lowest BCUT2D eigenvalue weighted by atomic mass is 9.84. The zero-order valence-corrected chi connectivity index (χ0v) is 26.2. The van der Waals surface area contributed by atoms with Gasteiger partial charge in [0.1, 0.15) is 24.7 Å². The molecule has 2 aliphatic rings. The van der Waals surface area contributed by atoms with Gasteiger partial charge in [-0.15, -0.1) is 0 Å². The highest BCUT2D eigenvalue weighted by atomic mass is 16.6. The van der Waals surface area contributed by atoms with Crippen LogP contribution >= 0.6 is 0 Å². The van der Waals surface area contributed by atoms with Crippen molar-refractivity contribution in [2.24, 2.45) is 11.8 Å². The summed E-state index contributed by atoms with van der Waals surface area (Å²) in [5, 5.41) is 20.5. The SMILES string of the molecule is C[C@@H](OC(C)(C)C)[C@H](NC(=O)OCc1ccccc1)C(=O)N[C@@H](CC1CCCCC1)C(=O)N[C@@H](C[C@@H]1CCNC1=O)C(=O)O. The molecule has 0 radical (unpaired) electrons. The molecule has 0 spiro atoms. The summed E-state index contributed by atoms with van der Waals surface area (Å²) >= 11 is 0. The van der Waals surface area contributed by atoms with Crippen LogP contribution < -0.4 is 21.3 Å². The minimum atomic E-state index is -1.30. The second-order valence-electron chi connectivity index (χ2n) is 12.8. The molecule has 4 amide bonds. The second-order valence-corrected chi connectivity index (χ2v) is 12.8. The van der Waals surface area contributed by atoms with Gasteiger partial charge in [0, 0.05) is 12.5 Å². The van der Waals surface area contributed by atoms with Gasteiger partial charge in [0.15, 0.2) is 0 Å². The Morgan fingerprint density at radius 3 is 2.18 bits per heavy atom. The first kappa shape index (κ1) is 34.8. The number of carbonyl (C=O) groups excluding carboxylic acids is 4. The van der Waals surface area contributed by atoms with Crippen LogP contribution in [0.1, 0.15) is 84.6 Å². The van der Waals surface area contributed by atoms with E-state index in [2.05, 4.69) is 21.3 Å². The lowest BCUT2D eigenvalue weighted by Gasteiger charge is -2.32. The molecule has 12 heteroatoms. The van der Waals surface area contributed by atoms with Crippen molar-refractivity contribution in [1.29, 1.82) is 0 Å². The topological polar surface area (TPSA) is 172 Å². The largest absolute Gasteiger partial charge is 0.480 e. The van der Waals surface area contributed by atoms with E-state index in [1.54, 1.807) is 19.1 Å². The summed E-state index contributed by atoms with van der Waals surface area (Å²) < 4.78 is 11.4. The Morgan fingerprint density at radius 2 is 1.59 bits per heavy atom. The number of alkyl carbamates (subject to hydrolysis) is 1. The molecule has 44 heavy (non-hydrogen) atoms. The van der Waals surface area contributed by atoms with Crippen LogP contribution in [0.4, 0.5) is 4.79 Å². The van der Waals surface area contributed by atoms with Crippen molar-refractivity contribution in [2.45, 2.75) is 115 Å². The van der Waals surface area contributed by atoms with Crippen molar-refractivity contribution in [3.63, 3.8) is 0 Å². The first-order valence-corrected chi connectivity index (χ1v) is 15.6. The van der Waals surface area contributed by atoms with E-state index < -0.39 is 59.6 Å². The van der Waals surface area contributed by atoms with E-state index in [1.807, 2.05) is 39.0 Å². The summed E-state index contributed by atoms with van der Waals surface area (Å²) in [5.41, 5.74) is 0.128. The standard InChI is InChI=1S/C32H48N4O8/c1-20(44-32(2,3)4)26(36-31(42)43-19-22-13-9-6-10-14-22)29(39)34-24(17-21-11-7-5-8-12-21)28(38)35-25(30(40)41)18-23-15-16-33-27(23)37/h6,9-10,13-14,20-21,23-26H,5,7-8,11-12,15-19H2,1-4H3,(H,33,37)(H,34,39)(H,35,38)(H,36,42)(H,40,41)/t20-,23+,24+,25+,26+/m1/s1. The van der Waals surface area contributed by atoms with Gasteiger partial charge in [-0.1, -0.05) is 62.4 Å². The van der Waals surface area contributed by atoms with Gasteiger partial charge in [-0.05, 0) is 58.4 Å². The van der Waals surface area contributed by atoms with Gasteiger partial charge in [-0.2, -0.15) is 0 Å². The van der Waals surface area contributed by atoms with Crippen molar-refractivity contribution >= 4 is 29.8 Å². The molecular weight excluding hydrogens is 568 g/mol. The first-order chi connectivity index (χ1) is 20.8. The smallest absolute Gasteiger partial charge is 0.408 e. The predicted octanol–water partition coefficient (Wildman–Crippen LogP) is 3.04. The summed E-state index contributed by atoms with van der Waals surface area (Å²) in [6.45, 7) is 7.57. The average molecular weight is 617 g/mol. The van der Waals surface area contributed by atoms with Gasteiger partial charge in [-0.25, -0.2) is 9.59 Å². The number of benzene rings is 1. The third-order valence-corrected chi connectivity index (χ3v) is 8.00. The van der Waals surface area contributed by atoms with E-state index in [9.17, 15) is 29.1 Å². The van der Waals surface area contributed by atoms with Crippen molar-refractivity contribution < 1.29 is 38.6 Å². The van der Waals surface area contributed by atoms with Gasteiger partial charge in [0.05, 0.1) is 11.7 Å². The molecule has 0 bridgehead atoms. The summed E-state index contributed by atoms with van der Waals surface area (Å²) in [5.74, 6) is -3.16. The third-order valence-electron chi connectivity index (χ3n) is 8.00. The van der Waals surface area contributed by atoms with Crippen LogP contribution in [-0.2, 0) is 35.3 Å². The fourth-order valence-corrected chi connectivity index (χ4v) is 5.81. The average Bonchev–Trinajstić information content (AvgIpc) is 3.37. The molecule has 0 aromatic heterocycles. The minimum absolute atomic E-state index is 0.00216. The van der Waals surface area contributed by atoms with Crippen LogP contribution in [0, 0.1) is 11.8 Å². The monoisotopic (exact) mass is 616 g/mol. The molecule has 0 unspecified atom stereocenters. The maximum atomic E-state index is 13.8. The Morgan fingerprint density at radius 1 is 0.932 bits per heavy atom. The number of hydrogen-bond donors (Lipinski definition) is 5. The Hall–Kier alpha value is -3.67. The molecule has 2 fully saturated rings. The molecule has 1 aromatic carbocycles. The normalized spacial score (nSPS) is 20.0. The molecule has 1 aromatic rings. The Balaban J connectivity index is 1.76. The van der Waals surface area contributed by atoms with Crippen LogP contribution in [-0.4, -0.2) is 71.3 Å². The summed E-state index contributed by atoms with van der Waals surface area (Å²) in [4.78, 5) is 64.3. The molecule has 1 aliphatic carbocycles. The molecule has 1 saturated heterocycles. The van der Waals surface area contributed by atoms with Gasteiger partial charge in [-0.3, -0.25) is 14.4 Å². The van der Waals surface area contributed by atoms with E-state index in [-0.39, 0.29) is 24.9 Å². The number of carboxylic acids is 1. The highest BCUT2D eigenvalue weighted by molar-refractivity contribution is 5.93. The highest BCUT2D eigenvalue weighted by Gasteiger charge is 2.37. The van der Waals surface area contributed by atoms with Gasteiger partial charge < -0.3 is 35.8 Å². The van der Waals surface area contributed by atoms with Gasteiger partial charge in [0.25, 0.3) is 0 Å². The Labute approximate surface area is 259 Å². The van der Waals surface area contributed by atoms with E-state index >= 15 is 0 Å². The fourth-order valence-electron chi connectivity index (χ4n) is 5.81. The van der Waals surface area contributed by atoms with Gasteiger partial charge in [0.2, 0.25) is 17.7 Å². The van der Waals surface area contributed by atoms with Crippen molar-refractivity contribution in [3.05, 3.63) is 35.9 Å².